The van der Waals surface area contributed by atoms with Gasteiger partial charge in [0.1, 0.15) is 0 Å². The molecule has 1 aliphatic rings. The summed E-state index contributed by atoms with van der Waals surface area (Å²) >= 11 is 8.41. The van der Waals surface area contributed by atoms with Gasteiger partial charge in [-0.25, -0.2) is 0 Å². The third-order valence-electron chi connectivity index (χ3n) is 4.47. The summed E-state index contributed by atoms with van der Waals surface area (Å²) in [5.74, 6) is 0. The van der Waals surface area contributed by atoms with Gasteiger partial charge in [0.25, 0.3) is 0 Å². The zero-order valence-corrected chi connectivity index (χ0v) is 16.7. The summed E-state index contributed by atoms with van der Waals surface area (Å²) < 4.78 is 1.08. The number of nitrogens with one attached hydrogen (secondary N) is 1. The molecule has 0 aliphatic carbocycles. The van der Waals surface area contributed by atoms with Crippen molar-refractivity contribution >= 4 is 45.2 Å². The summed E-state index contributed by atoms with van der Waals surface area (Å²) in [5.41, 5.74) is 10.1. The number of anilines is 1. The number of piperazine rings is 1. The molecule has 24 heavy (non-hydrogen) atoms. The van der Waals surface area contributed by atoms with Crippen LogP contribution in [-0.2, 0) is 0 Å². The van der Waals surface area contributed by atoms with E-state index in [1.165, 1.54) is 18.5 Å². The molecule has 5 nitrogen and oxygen atoms in total. The Morgan fingerprint density at radius 2 is 2.00 bits per heavy atom. The average molecular weight is 412 g/mol. The number of halogens is 1. The number of nitrogens with zero attached hydrogens (tertiary/aromatic N) is 3. The molecule has 1 aromatic carbocycles. The quantitative estimate of drug-likeness (QED) is 0.428. The molecule has 1 aliphatic heterocycles. The van der Waals surface area contributed by atoms with Crippen LogP contribution in [0.2, 0.25) is 0 Å². The minimum absolute atomic E-state index is 0.164. The Morgan fingerprint density at radius 1 is 1.33 bits per heavy atom. The number of benzene rings is 1. The highest BCUT2D eigenvalue weighted by molar-refractivity contribution is 9.10. The molecule has 0 spiro atoms. The SMILES string of the molecule is CCC(CC)N1CCN(c2ccc(/C=N/NC(N)=S)cc2Br)CC1. The van der Waals surface area contributed by atoms with Gasteiger partial charge in [0.15, 0.2) is 5.11 Å². The van der Waals surface area contributed by atoms with Crippen LogP contribution in [0.15, 0.2) is 27.8 Å². The Bertz CT molecular complexity index is 580. The molecule has 0 atom stereocenters. The zero-order chi connectivity index (χ0) is 17.5. The van der Waals surface area contributed by atoms with Gasteiger partial charge in [0.05, 0.1) is 11.9 Å². The van der Waals surface area contributed by atoms with Crippen molar-refractivity contribution in [1.29, 1.82) is 0 Å². The topological polar surface area (TPSA) is 56.9 Å². The highest BCUT2D eigenvalue weighted by atomic mass is 79.9. The van der Waals surface area contributed by atoms with E-state index < -0.39 is 0 Å². The fourth-order valence-electron chi connectivity index (χ4n) is 3.16. The van der Waals surface area contributed by atoms with E-state index in [9.17, 15) is 0 Å². The van der Waals surface area contributed by atoms with Crippen molar-refractivity contribution in [3.63, 3.8) is 0 Å². The minimum Gasteiger partial charge on any atom is -0.375 e. The first kappa shape index (κ1) is 19.1. The summed E-state index contributed by atoms with van der Waals surface area (Å²) in [5, 5.41) is 4.15. The molecule has 0 amide bonds. The highest BCUT2D eigenvalue weighted by Gasteiger charge is 2.22. The summed E-state index contributed by atoms with van der Waals surface area (Å²) in [6.45, 7) is 8.93. The fraction of sp³-hybridized carbons (Fsp3) is 0.529. The van der Waals surface area contributed by atoms with Crippen molar-refractivity contribution in [2.75, 3.05) is 31.1 Å². The van der Waals surface area contributed by atoms with Crippen LogP contribution in [-0.4, -0.2) is 48.4 Å². The summed E-state index contributed by atoms with van der Waals surface area (Å²) in [6, 6.07) is 6.97. The molecule has 1 saturated heterocycles. The van der Waals surface area contributed by atoms with E-state index in [1.54, 1.807) is 6.21 Å². The maximum absolute atomic E-state index is 5.35. The number of hydrazone groups is 1. The monoisotopic (exact) mass is 411 g/mol. The van der Waals surface area contributed by atoms with Crippen LogP contribution in [0.3, 0.4) is 0 Å². The molecule has 3 N–H and O–H groups in total. The number of hydrogen-bond acceptors (Lipinski definition) is 4. The van der Waals surface area contributed by atoms with Crippen LogP contribution < -0.4 is 16.1 Å². The maximum Gasteiger partial charge on any atom is 0.184 e. The smallest absolute Gasteiger partial charge is 0.184 e. The van der Waals surface area contributed by atoms with Crippen LogP contribution in [0.4, 0.5) is 5.69 Å². The molecule has 2 rings (SSSR count). The molecule has 0 radical (unpaired) electrons. The van der Waals surface area contributed by atoms with Gasteiger partial charge in [-0.05, 0) is 58.7 Å². The molecular formula is C17H26BrN5S. The van der Waals surface area contributed by atoms with Crippen molar-refractivity contribution < 1.29 is 0 Å². The van der Waals surface area contributed by atoms with Crippen molar-refractivity contribution in [1.82, 2.24) is 10.3 Å². The lowest BCUT2D eigenvalue weighted by Gasteiger charge is -2.40. The van der Waals surface area contributed by atoms with Gasteiger partial charge in [-0.2, -0.15) is 5.10 Å². The van der Waals surface area contributed by atoms with Gasteiger partial charge in [-0.15, -0.1) is 0 Å². The first-order chi connectivity index (χ1) is 11.5. The van der Waals surface area contributed by atoms with Gasteiger partial charge in [0, 0.05) is 36.7 Å². The van der Waals surface area contributed by atoms with Crippen LogP contribution in [0.1, 0.15) is 32.3 Å². The molecule has 0 bridgehead atoms. The minimum atomic E-state index is 0.164. The van der Waals surface area contributed by atoms with E-state index in [2.05, 4.69) is 68.3 Å². The van der Waals surface area contributed by atoms with Gasteiger partial charge < -0.3 is 10.6 Å². The molecule has 0 unspecified atom stereocenters. The Hall–Kier alpha value is -1.18. The predicted octanol–water partition coefficient (Wildman–Crippen LogP) is 2.93. The lowest BCUT2D eigenvalue weighted by molar-refractivity contribution is 0.175. The zero-order valence-electron chi connectivity index (χ0n) is 14.3. The van der Waals surface area contributed by atoms with Crippen molar-refractivity contribution in [2.45, 2.75) is 32.7 Å². The number of thiocarbonyl (C=S) groups is 1. The van der Waals surface area contributed by atoms with Crippen molar-refractivity contribution in [3.05, 3.63) is 28.2 Å². The van der Waals surface area contributed by atoms with Crippen LogP contribution in [0.25, 0.3) is 0 Å². The number of rotatable bonds is 6. The van der Waals surface area contributed by atoms with E-state index in [0.717, 1.165) is 42.3 Å². The van der Waals surface area contributed by atoms with Gasteiger partial charge >= 0.3 is 0 Å². The lowest BCUT2D eigenvalue weighted by Crippen LogP contribution is -2.50. The van der Waals surface area contributed by atoms with E-state index in [0.29, 0.717) is 0 Å². The standard InChI is InChI=1S/C17H26BrN5S/c1-3-14(4-2)22-7-9-23(10-8-22)16-6-5-13(11-15(16)18)12-20-21-17(19)24/h5-6,11-12,14H,3-4,7-10H2,1-2H3,(H3,19,21,24)/b20-12+. The summed E-state index contributed by atoms with van der Waals surface area (Å²) in [4.78, 5) is 5.06. The molecule has 132 valence electrons. The lowest BCUT2D eigenvalue weighted by atomic mass is 10.1. The predicted molar refractivity (Wildman–Crippen MR) is 110 cm³/mol. The second-order valence-electron chi connectivity index (χ2n) is 5.94. The third kappa shape index (κ3) is 5.16. The second kappa shape index (κ2) is 9.34. The molecule has 0 aromatic heterocycles. The largest absolute Gasteiger partial charge is 0.375 e. The summed E-state index contributed by atoms with van der Waals surface area (Å²) in [6.07, 6.45) is 4.17. The first-order valence-electron chi connectivity index (χ1n) is 8.42. The first-order valence-corrected chi connectivity index (χ1v) is 9.62. The second-order valence-corrected chi connectivity index (χ2v) is 7.23. The highest BCUT2D eigenvalue weighted by Crippen LogP contribution is 2.28. The molecular weight excluding hydrogens is 386 g/mol. The van der Waals surface area contributed by atoms with E-state index in [4.69, 9.17) is 18.0 Å². The van der Waals surface area contributed by atoms with Gasteiger partial charge in [-0.1, -0.05) is 19.9 Å². The Kier molecular flexibility index (Phi) is 7.45. The molecule has 1 aromatic rings. The van der Waals surface area contributed by atoms with Gasteiger partial charge in [-0.3, -0.25) is 10.3 Å². The molecule has 1 fully saturated rings. The molecule has 1 heterocycles. The third-order valence-corrected chi connectivity index (χ3v) is 5.20. The average Bonchev–Trinajstić information content (AvgIpc) is 2.57. The molecule has 0 saturated carbocycles. The van der Waals surface area contributed by atoms with Gasteiger partial charge in [0.2, 0.25) is 0 Å². The van der Waals surface area contributed by atoms with Crippen LogP contribution >= 0.6 is 28.1 Å². The van der Waals surface area contributed by atoms with Crippen LogP contribution in [0, 0.1) is 0 Å². The maximum atomic E-state index is 5.35. The van der Waals surface area contributed by atoms with E-state index in [1.807, 2.05) is 0 Å². The Balaban J connectivity index is 1.98. The fourth-order valence-corrected chi connectivity index (χ4v) is 3.86. The Labute approximate surface area is 158 Å². The van der Waals surface area contributed by atoms with Crippen molar-refractivity contribution in [3.8, 4) is 0 Å². The molecule has 7 heteroatoms. The summed E-state index contributed by atoms with van der Waals surface area (Å²) in [7, 11) is 0. The van der Waals surface area contributed by atoms with Crippen molar-refractivity contribution in [2.24, 2.45) is 10.8 Å². The number of nitrogens with two attached hydrogens (primary N) is 1. The van der Waals surface area contributed by atoms with Crippen LogP contribution in [0.5, 0.6) is 0 Å². The Morgan fingerprint density at radius 3 is 2.54 bits per heavy atom. The normalized spacial score (nSPS) is 16.1. The van der Waals surface area contributed by atoms with E-state index in [-0.39, 0.29) is 5.11 Å². The van der Waals surface area contributed by atoms with E-state index >= 15 is 0 Å². The number of hydrogen-bond donors (Lipinski definition) is 2.